The van der Waals surface area contributed by atoms with Crippen LogP contribution in [-0.2, 0) is 4.79 Å². The molecule has 0 spiro atoms. The topological polar surface area (TPSA) is 49.8 Å². The standard InChI is InChI=1S/C18H27NO3/c1-11(2)15(17(20)21)19-16-13(8-7-9-14(16)22-6)12(3)10-18(19,4)5/h7-9,11-12,15H,10H2,1-6H3,(H,20,21)/t12-,15-/m0/s1. The fraction of sp³-hybridized carbons (Fsp3) is 0.611. The number of anilines is 1. The fourth-order valence-electron chi connectivity index (χ4n) is 3.83. The number of carbonyl (C=O) groups is 1. The van der Waals surface area contributed by atoms with E-state index in [1.165, 1.54) is 5.56 Å². The largest absolute Gasteiger partial charge is 0.495 e. The normalized spacial score (nSPS) is 21.4. The Morgan fingerprint density at radius 1 is 1.41 bits per heavy atom. The predicted molar refractivity (Wildman–Crippen MR) is 88.8 cm³/mol. The Morgan fingerprint density at radius 2 is 2.05 bits per heavy atom. The summed E-state index contributed by atoms with van der Waals surface area (Å²) >= 11 is 0. The van der Waals surface area contributed by atoms with Crippen LogP contribution in [0.15, 0.2) is 18.2 Å². The van der Waals surface area contributed by atoms with Gasteiger partial charge in [-0.3, -0.25) is 0 Å². The van der Waals surface area contributed by atoms with Gasteiger partial charge in [0, 0.05) is 5.54 Å². The molecule has 1 aromatic rings. The third kappa shape index (κ3) is 2.67. The van der Waals surface area contributed by atoms with Crippen molar-refractivity contribution in [1.29, 1.82) is 0 Å². The highest BCUT2D eigenvalue weighted by molar-refractivity contribution is 5.82. The highest BCUT2D eigenvalue weighted by Crippen LogP contribution is 2.49. The van der Waals surface area contributed by atoms with Gasteiger partial charge in [0.25, 0.3) is 0 Å². The van der Waals surface area contributed by atoms with Gasteiger partial charge in [0.15, 0.2) is 0 Å². The first-order valence-electron chi connectivity index (χ1n) is 7.89. The Balaban J connectivity index is 2.71. The summed E-state index contributed by atoms with van der Waals surface area (Å²) in [6.45, 7) is 10.4. The smallest absolute Gasteiger partial charge is 0.326 e. The Kier molecular flexibility index (Phi) is 4.41. The van der Waals surface area contributed by atoms with E-state index in [1.54, 1.807) is 7.11 Å². The zero-order valence-corrected chi connectivity index (χ0v) is 14.4. The van der Waals surface area contributed by atoms with E-state index in [1.807, 2.05) is 26.0 Å². The average Bonchev–Trinajstić information content (AvgIpc) is 2.41. The van der Waals surface area contributed by atoms with Crippen LogP contribution in [0.1, 0.15) is 52.5 Å². The predicted octanol–water partition coefficient (Wildman–Crippen LogP) is 3.90. The first kappa shape index (κ1) is 16.7. The Bertz CT molecular complexity index is 565. The second-order valence-corrected chi connectivity index (χ2v) is 7.21. The number of methoxy groups -OCH3 is 1. The van der Waals surface area contributed by atoms with Crippen molar-refractivity contribution < 1.29 is 14.6 Å². The van der Waals surface area contributed by atoms with Gasteiger partial charge in [-0.15, -0.1) is 0 Å². The van der Waals surface area contributed by atoms with Gasteiger partial charge in [-0.25, -0.2) is 4.79 Å². The number of carboxylic acids is 1. The molecule has 122 valence electrons. The van der Waals surface area contributed by atoms with Gasteiger partial charge in [-0.05, 0) is 43.7 Å². The van der Waals surface area contributed by atoms with E-state index < -0.39 is 12.0 Å². The average molecular weight is 305 g/mol. The molecule has 0 amide bonds. The van der Waals surface area contributed by atoms with Crippen LogP contribution in [0.25, 0.3) is 0 Å². The van der Waals surface area contributed by atoms with E-state index in [2.05, 4.69) is 31.7 Å². The molecular formula is C18H27NO3. The van der Waals surface area contributed by atoms with E-state index in [0.717, 1.165) is 17.9 Å². The molecule has 0 saturated heterocycles. The van der Waals surface area contributed by atoms with Crippen LogP contribution >= 0.6 is 0 Å². The third-order valence-electron chi connectivity index (χ3n) is 4.64. The molecule has 4 nitrogen and oxygen atoms in total. The Labute approximate surface area is 133 Å². The molecule has 1 aliphatic rings. The second kappa shape index (κ2) is 5.82. The van der Waals surface area contributed by atoms with Crippen molar-refractivity contribution >= 4 is 11.7 Å². The Morgan fingerprint density at radius 3 is 2.55 bits per heavy atom. The van der Waals surface area contributed by atoms with Gasteiger partial charge in [-0.1, -0.05) is 32.9 Å². The summed E-state index contributed by atoms with van der Waals surface area (Å²) in [6, 6.07) is 5.41. The maximum absolute atomic E-state index is 11.9. The lowest BCUT2D eigenvalue weighted by Gasteiger charge is -2.51. The summed E-state index contributed by atoms with van der Waals surface area (Å²) in [4.78, 5) is 14.0. The number of benzene rings is 1. The molecule has 0 radical (unpaired) electrons. The van der Waals surface area contributed by atoms with Crippen molar-refractivity contribution in [3.8, 4) is 5.75 Å². The van der Waals surface area contributed by atoms with Crippen molar-refractivity contribution in [3.05, 3.63) is 23.8 Å². The first-order valence-corrected chi connectivity index (χ1v) is 7.89. The molecule has 2 rings (SSSR count). The number of carboxylic acid groups (broad SMARTS) is 1. The summed E-state index contributed by atoms with van der Waals surface area (Å²) in [5, 5.41) is 9.80. The number of fused-ring (bicyclic) bond motifs is 1. The highest BCUT2D eigenvalue weighted by Gasteiger charge is 2.44. The molecule has 0 aliphatic carbocycles. The lowest BCUT2D eigenvalue weighted by Crippen LogP contribution is -2.58. The van der Waals surface area contributed by atoms with Crippen LogP contribution in [0, 0.1) is 5.92 Å². The minimum Gasteiger partial charge on any atom is -0.495 e. The summed E-state index contributed by atoms with van der Waals surface area (Å²) in [6.07, 6.45) is 0.920. The summed E-state index contributed by atoms with van der Waals surface area (Å²) < 4.78 is 5.56. The number of aliphatic carboxylic acids is 1. The number of ether oxygens (including phenoxy) is 1. The van der Waals surface area contributed by atoms with E-state index in [9.17, 15) is 9.90 Å². The molecule has 1 aliphatic heterocycles. The van der Waals surface area contributed by atoms with Gasteiger partial charge < -0.3 is 14.7 Å². The molecule has 0 fully saturated rings. The SMILES string of the molecule is COc1cccc2c1N([C@H](C(=O)O)C(C)C)C(C)(C)C[C@@H]2C. The maximum Gasteiger partial charge on any atom is 0.326 e. The lowest BCUT2D eigenvalue weighted by molar-refractivity contribution is -0.140. The second-order valence-electron chi connectivity index (χ2n) is 7.21. The quantitative estimate of drug-likeness (QED) is 0.916. The number of hydrogen-bond donors (Lipinski definition) is 1. The number of hydrogen-bond acceptors (Lipinski definition) is 3. The zero-order valence-electron chi connectivity index (χ0n) is 14.4. The molecular weight excluding hydrogens is 278 g/mol. The van der Waals surface area contributed by atoms with E-state index in [0.29, 0.717) is 5.92 Å². The molecule has 0 saturated carbocycles. The minimum absolute atomic E-state index is 0.00273. The number of rotatable bonds is 4. The van der Waals surface area contributed by atoms with Crippen LogP contribution < -0.4 is 9.64 Å². The van der Waals surface area contributed by atoms with Crippen molar-refractivity contribution in [3.63, 3.8) is 0 Å². The maximum atomic E-state index is 11.9. The van der Waals surface area contributed by atoms with Crippen LogP contribution in [0.4, 0.5) is 5.69 Å². The Hall–Kier alpha value is -1.71. The molecule has 1 N–H and O–H groups in total. The minimum atomic E-state index is -0.783. The van der Waals surface area contributed by atoms with Crippen molar-refractivity contribution in [1.82, 2.24) is 0 Å². The third-order valence-corrected chi connectivity index (χ3v) is 4.64. The van der Waals surface area contributed by atoms with E-state index >= 15 is 0 Å². The molecule has 4 heteroatoms. The molecule has 0 unspecified atom stereocenters. The molecule has 1 aromatic carbocycles. The molecule has 2 atom stereocenters. The van der Waals surface area contributed by atoms with Gasteiger partial charge >= 0.3 is 5.97 Å². The monoisotopic (exact) mass is 305 g/mol. The molecule has 1 heterocycles. The molecule has 22 heavy (non-hydrogen) atoms. The summed E-state index contributed by atoms with van der Waals surface area (Å²) in [5.74, 6) is 0.347. The van der Waals surface area contributed by atoms with Crippen LogP contribution in [0.3, 0.4) is 0 Å². The summed E-state index contributed by atoms with van der Waals surface area (Å²) in [5.41, 5.74) is 1.87. The van der Waals surface area contributed by atoms with Gasteiger partial charge in [0.2, 0.25) is 0 Å². The van der Waals surface area contributed by atoms with Crippen molar-refractivity contribution in [2.75, 3.05) is 12.0 Å². The van der Waals surface area contributed by atoms with Gasteiger partial charge in [0.05, 0.1) is 12.8 Å². The van der Waals surface area contributed by atoms with Gasteiger partial charge in [0.1, 0.15) is 11.8 Å². The lowest BCUT2D eigenvalue weighted by atomic mass is 9.78. The molecule has 0 aromatic heterocycles. The van der Waals surface area contributed by atoms with Crippen LogP contribution in [0.5, 0.6) is 5.75 Å². The first-order chi connectivity index (χ1) is 10.2. The van der Waals surface area contributed by atoms with Crippen LogP contribution in [0.2, 0.25) is 0 Å². The van der Waals surface area contributed by atoms with Crippen LogP contribution in [-0.4, -0.2) is 29.8 Å². The number of nitrogens with zero attached hydrogens (tertiary/aromatic N) is 1. The van der Waals surface area contributed by atoms with E-state index in [4.69, 9.17) is 4.74 Å². The highest BCUT2D eigenvalue weighted by atomic mass is 16.5. The summed E-state index contributed by atoms with van der Waals surface area (Å²) in [7, 11) is 1.64. The van der Waals surface area contributed by atoms with Crippen molar-refractivity contribution in [2.24, 2.45) is 5.92 Å². The van der Waals surface area contributed by atoms with E-state index in [-0.39, 0.29) is 11.5 Å². The molecule has 0 bridgehead atoms. The zero-order chi connectivity index (χ0) is 16.7. The van der Waals surface area contributed by atoms with Gasteiger partial charge in [-0.2, -0.15) is 0 Å². The fourth-order valence-corrected chi connectivity index (χ4v) is 3.83. The van der Waals surface area contributed by atoms with Crippen molar-refractivity contribution in [2.45, 2.75) is 58.5 Å². The number of para-hydroxylation sites is 1.